The fourth-order valence-corrected chi connectivity index (χ4v) is 2.61. The van der Waals surface area contributed by atoms with E-state index in [9.17, 15) is 5.11 Å². The molecule has 1 unspecified atom stereocenters. The van der Waals surface area contributed by atoms with Crippen LogP contribution in [0.4, 0.5) is 0 Å². The highest BCUT2D eigenvalue weighted by Crippen LogP contribution is 2.19. The van der Waals surface area contributed by atoms with Gasteiger partial charge in [-0.15, -0.1) is 0 Å². The first kappa shape index (κ1) is 14.6. The number of thioether (sulfide) groups is 1. The highest BCUT2D eigenvalue weighted by atomic mass is 32.2. The van der Waals surface area contributed by atoms with Crippen molar-refractivity contribution in [3.8, 4) is 0 Å². The molecule has 17 heavy (non-hydrogen) atoms. The third-order valence-electron chi connectivity index (χ3n) is 3.08. The molecular formula is C14H23NOS. The van der Waals surface area contributed by atoms with Gasteiger partial charge < -0.3 is 10.8 Å². The number of aliphatic hydroxyl groups is 1. The summed E-state index contributed by atoms with van der Waals surface area (Å²) in [6, 6.07) is 10.5. The zero-order valence-electron chi connectivity index (χ0n) is 10.6. The first-order chi connectivity index (χ1) is 8.20. The van der Waals surface area contributed by atoms with Crippen LogP contribution < -0.4 is 5.73 Å². The van der Waals surface area contributed by atoms with E-state index in [4.69, 9.17) is 5.73 Å². The van der Waals surface area contributed by atoms with Crippen molar-refractivity contribution < 1.29 is 5.11 Å². The highest BCUT2D eigenvalue weighted by Gasteiger charge is 2.21. The van der Waals surface area contributed by atoms with Crippen LogP contribution in [0.5, 0.6) is 0 Å². The van der Waals surface area contributed by atoms with Crippen molar-refractivity contribution in [3.05, 3.63) is 35.9 Å². The van der Waals surface area contributed by atoms with E-state index in [2.05, 4.69) is 24.3 Å². The number of hydrogen-bond acceptors (Lipinski definition) is 3. The third-order valence-corrected chi connectivity index (χ3v) is 4.20. The molecule has 0 heterocycles. The largest absolute Gasteiger partial charge is 0.389 e. The van der Waals surface area contributed by atoms with Gasteiger partial charge in [0.2, 0.25) is 0 Å². The summed E-state index contributed by atoms with van der Waals surface area (Å²) in [7, 11) is 0. The molecule has 1 aromatic carbocycles. The Hall–Kier alpha value is -0.510. The molecule has 0 saturated heterocycles. The van der Waals surface area contributed by atoms with E-state index in [-0.39, 0.29) is 0 Å². The molecule has 2 nitrogen and oxygen atoms in total. The van der Waals surface area contributed by atoms with Gasteiger partial charge in [0.15, 0.2) is 0 Å². The van der Waals surface area contributed by atoms with E-state index in [0.717, 1.165) is 30.8 Å². The van der Waals surface area contributed by atoms with E-state index in [0.29, 0.717) is 6.54 Å². The number of rotatable bonds is 8. The second kappa shape index (κ2) is 7.75. The van der Waals surface area contributed by atoms with E-state index in [1.807, 2.05) is 24.8 Å². The number of hydrogen-bond donors (Lipinski definition) is 2. The van der Waals surface area contributed by atoms with Crippen LogP contribution >= 0.6 is 11.8 Å². The van der Waals surface area contributed by atoms with Crippen molar-refractivity contribution in [2.75, 3.05) is 12.3 Å². The minimum absolute atomic E-state index is 0.368. The molecule has 3 N–H and O–H groups in total. The summed E-state index contributed by atoms with van der Waals surface area (Å²) in [5.74, 6) is 2.13. The molecule has 0 fully saturated rings. The fourth-order valence-electron chi connectivity index (χ4n) is 1.69. The summed E-state index contributed by atoms with van der Waals surface area (Å²) < 4.78 is 0. The van der Waals surface area contributed by atoms with Crippen molar-refractivity contribution in [1.29, 1.82) is 0 Å². The molecule has 1 rings (SSSR count). The summed E-state index contributed by atoms with van der Waals surface area (Å²) in [5, 5.41) is 10.0. The fraction of sp³-hybridized carbons (Fsp3) is 0.571. The molecule has 1 aromatic rings. The molecule has 0 amide bonds. The minimum atomic E-state index is -0.646. The Bertz CT molecular complexity index is 298. The molecule has 0 radical (unpaired) electrons. The normalized spacial score (nSPS) is 14.5. The zero-order valence-corrected chi connectivity index (χ0v) is 11.4. The third kappa shape index (κ3) is 5.57. The van der Waals surface area contributed by atoms with Crippen LogP contribution in [0.15, 0.2) is 30.3 Å². The minimum Gasteiger partial charge on any atom is -0.389 e. The Morgan fingerprint density at radius 1 is 1.29 bits per heavy atom. The molecule has 3 heteroatoms. The van der Waals surface area contributed by atoms with E-state index < -0.39 is 5.60 Å². The lowest BCUT2D eigenvalue weighted by Gasteiger charge is -2.24. The van der Waals surface area contributed by atoms with E-state index in [1.165, 1.54) is 5.56 Å². The van der Waals surface area contributed by atoms with E-state index in [1.54, 1.807) is 0 Å². The van der Waals surface area contributed by atoms with Crippen LogP contribution in [0, 0.1) is 0 Å². The molecule has 0 aliphatic carbocycles. The quantitative estimate of drug-likeness (QED) is 0.700. The molecule has 0 aromatic heterocycles. The van der Waals surface area contributed by atoms with Gasteiger partial charge >= 0.3 is 0 Å². The molecule has 0 aliphatic rings. The number of nitrogens with two attached hydrogens (primary N) is 1. The average molecular weight is 253 g/mol. The van der Waals surface area contributed by atoms with Crippen molar-refractivity contribution >= 4 is 11.8 Å². The summed E-state index contributed by atoms with van der Waals surface area (Å²) in [5.41, 5.74) is 6.28. The predicted molar refractivity (Wildman–Crippen MR) is 76.1 cm³/mol. The predicted octanol–water partition coefficient (Wildman–Crippen LogP) is 2.80. The van der Waals surface area contributed by atoms with Crippen molar-refractivity contribution in [3.63, 3.8) is 0 Å². The maximum atomic E-state index is 10.0. The molecule has 96 valence electrons. The maximum absolute atomic E-state index is 10.0. The Morgan fingerprint density at radius 2 is 2.00 bits per heavy atom. The lowest BCUT2D eigenvalue weighted by Crippen LogP contribution is -2.36. The zero-order chi connectivity index (χ0) is 12.6. The molecular weight excluding hydrogens is 230 g/mol. The second-order valence-corrected chi connectivity index (χ2v) is 5.53. The van der Waals surface area contributed by atoms with Gasteiger partial charge in [0, 0.05) is 12.3 Å². The van der Waals surface area contributed by atoms with Gasteiger partial charge in [0.1, 0.15) is 0 Å². The Balaban J connectivity index is 2.13. The van der Waals surface area contributed by atoms with Gasteiger partial charge in [0.05, 0.1) is 5.60 Å². The first-order valence-electron chi connectivity index (χ1n) is 6.24. The van der Waals surface area contributed by atoms with Gasteiger partial charge in [0.25, 0.3) is 0 Å². The van der Waals surface area contributed by atoms with Crippen LogP contribution in [0.2, 0.25) is 0 Å². The lowest BCUT2D eigenvalue weighted by molar-refractivity contribution is 0.0360. The maximum Gasteiger partial charge on any atom is 0.0767 e. The lowest BCUT2D eigenvalue weighted by atomic mass is 9.95. The molecule has 1 atom stereocenters. The topological polar surface area (TPSA) is 46.2 Å². The standard InChI is InChI=1S/C14H23NOS/c1-2-14(16,12-15)9-6-10-17-11-13-7-4-3-5-8-13/h3-5,7-8,16H,2,6,9-12,15H2,1H3. The molecule has 0 saturated carbocycles. The van der Waals surface area contributed by atoms with Crippen molar-refractivity contribution in [2.45, 2.75) is 37.5 Å². The van der Waals surface area contributed by atoms with Crippen LogP contribution in [-0.2, 0) is 5.75 Å². The van der Waals surface area contributed by atoms with Crippen molar-refractivity contribution in [1.82, 2.24) is 0 Å². The van der Waals surface area contributed by atoms with E-state index >= 15 is 0 Å². The van der Waals surface area contributed by atoms with Gasteiger partial charge in [-0.25, -0.2) is 0 Å². The summed E-state index contributed by atoms with van der Waals surface area (Å²) in [4.78, 5) is 0. The summed E-state index contributed by atoms with van der Waals surface area (Å²) in [6.45, 7) is 2.36. The van der Waals surface area contributed by atoms with Crippen molar-refractivity contribution in [2.24, 2.45) is 5.73 Å². The highest BCUT2D eigenvalue weighted by molar-refractivity contribution is 7.98. The van der Waals surface area contributed by atoms with Crippen LogP contribution in [0.1, 0.15) is 31.7 Å². The van der Waals surface area contributed by atoms with Crippen LogP contribution in [-0.4, -0.2) is 23.0 Å². The Labute approximate surface area is 109 Å². The average Bonchev–Trinajstić information content (AvgIpc) is 2.39. The second-order valence-electron chi connectivity index (χ2n) is 4.42. The number of benzene rings is 1. The van der Waals surface area contributed by atoms with Gasteiger partial charge in [-0.3, -0.25) is 0 Å². The molecule has 0 spiro atoms. The SMILES string of the molecule is CCC(O)(CN)CCCSCc1ccccc1. The Morgan fingerprint density at radius 3 is 2.59 bits per heavy atom. The molecule has 0 bridgehead atoms. The van der Waals surface area contributed by atoms with Gasteiger partial charge in [-0.1, -0.05) is 37.3 Å². The Kier molecular flexibility index (Phi) is 6.63. The molecule has 0 aliphatic heterocycles. The summed E-state index contributed by atoms with van der Waals surface area (Å²) >= 11 is 1.92. The first-order valence-corrected chi connectivity index (χ1v) is 7.40. The summed E-state index contributed by atoms with van der Waals surface area (Å²) in [6.07, 6.45) is 2.58. The smallest absolute Gasteiger partial charge is 0.0767 e. The monoisotopic (exact) mass is 253 g/mol. The van der Waals surface area contributed by atoms with Crippen LogP contribution in [0.25, 0.3) is 0 Å². The van der Waals surface area contributed by atoms with Crippen LogP contribution in [0.3, 0.4) is 0 Å². The van der Waals surface area contributed by atoms with Gasteiger partial charge in [-0.2, -0.15) is 11.8 Å². The van der Waals surface area contributed by atoms with Gasteiger partial charge in [-0.05, 0) is 30.6 Å².